The van der Waals surface area contributed by atoms with Crippen molar-refractivity contribution < 1.29 is 27.8 Å². The van der Waals surface area contributed by atoms with E-state index in [1.165, 1.54) is 26.4 Å². The predicted octanol–water partition coefficient (Wildman–Crippen LogP) is 1.59. The molecule has 1 aromatic carbocycles. The van der Waals surface area contributed by atoms with Crippen LogP contribution in [0.3, 0.4) is 0 Å². The summed E-state index contributed by atoms with van der Waals surface area (Å²) in [4.78, 5) is 11.0. The maximum Gasteiger partial charge on any atom is 0.322 e. The monoisotopic (exact) mass is 349 g/mol. The zero-order valence-corrected chi connectivity index (χ0v) is 13.6. The largest absolute Gasteiger partial charge is 0.493 e. The molecular weight excluding hydrogens is 334 g/mol. The van der Waals surface area contributed by atoms with Gasteiger partial charge in [-0.05, 0) is 12.8 Å². The Hall–Kier alpha value is -1.51. The van der Waals surface area contributed by atoms with Crippen LogP contribution < -0.4 is 9.47 Å². The van der Waals surface area contributed by atoms with Crippen molar-refractivity contribution in [2.75, 3.05) is 20.8 Å². The topological polar surface area (TPSA) is 93.1 Å². The molecule has 9 heteroatoms. The molecular formula is C13H16ClNO6S. The molecule has 1 fully saturated rings. The van der Waals surface area contributed by atoms with Gasteiger partial charge in [0, 0.05) is 18.7 Å². The minimum Gasteiger partial charge on any atom is -0.493 e. The number of sulfonamides is 1. The van der Waals surface area contributed by atoms with Crippen molar-refractivity contribution in [3.63, 3.8) is 0 Å². The van der Waals surface area contributed by atoms with Crippen LogP contribution in [0.1, 0.15) is 12.8 Å². The number of nitrogens with zero attached hydrogens (tertiary/aromatic N) is 1. The van der Waals surface area contributed by atoms with Gasteiger partial charge in [-0.3, -0.25) is 4.79 Å². The van der Waals surface area contributed by atoms with Gasteiger partial charge in [0.15, 0.2) is 11.5 Å². The zero-order chi connectivity index (χ0) is 16.5. The van der Waals surface area contributed by atoms with Crippen LogP contribution in [0.5, 0.6) is 11.5 Å². The molecule has 0 unspecified atom stereocenters. The van der Waals surface area contributed by atoms with Crippen LogP contribution >= 0.6 is 11.6 Å². The van der Waals surface area contributed by atoms with E-state index in [9.17, 15) is 13.2 Å². The molecule has 0 saturated carbocycles. The lowest BCUT2D eigenvalue weighted by Gasteiger charge is -2.22. The normalized spacial score (nSPS) is 19.1. The van der Waals surface area contributed by atoms with Crippen LogP contribution in [0.2, 0.25) is 5.02 Å². The Bertz CT molecular complexity index is 690. The Labute approximate surface area is 133 Å². The Morgan fingerprint density at radius 1 is 1.32 bits per heavy atom. The molecule has 0 aromatic heterocycles. The number of methoxy groups -OCH3 is 2. The van der Waals surface area contributed by atoms with Crippen molar-refractivity contribution in [3.8, 4) is 11.5 Å². The Kier molecular flexibility index (Phi) is 4.84. The van der Waals surface area contributed by atoms with Crippen LogP contribution in [-0.4, -0.2) is 50.6 Å². The summed E-state index contributed by atoms with van der Waals surface area (Å²) in [6.07, 6.45) is 0.764. The first kappa shape index (κ1) is 16.9. The number of hydrogen-bond donors (Lipinski definition) is 1. The average Bonchev–Trinajstić information content (AvgIpc) is 2.97. The van der Waals surface area contributed by atoms with E-state index < -0.39 is 22.0 Å². The molecule has 0 radical (unpaired) electrons. The highest BCUT2D eigenvalue weighted by Crippen LogP contribution is 2.38. The molecule has 7 nitrogen and oxygen atoms in total. The maximum absolute atomic E-state index is 12.7. The highest BCUT2D eigenvalue weighted by molar-refractivity contribution is 7.89. The SMILES string of the molecule is COc1cc(Cl)c(S(=O)(=O)N2CCC[C@H]2C(=O)O)cc1OC. The summed E-state index contributed by atoms with van der Waals surface area (Å²) in [5.74, 6) is -0.670. The van der Waals surface area contributed by atoms with Gasteiger partial charge < -0.3 is 14.6 Å². The molecule has 122 valence electrons. The number of benzene rings is 1. The van der Waals surface area contributed by atoms with Gasteiger partial charge in [-0.1, -0.05) is 11.6 Å². The van der Waals surface area contributed by atoms with E-state index in [1.807, 2.05) is 0 Å². The van der Waals surface area contributed by atoms with E-state index >= 15 is 0 Å². The van der Waals surface area contributed by atoms with Crippen molar-refractivity contribution >= 4 is 27.6 Å². The quantitative estimate of drug-likeness (QED) is 0.867. The number of rotatable bonds is 5. The summed E-state index contributed by atoms with van der Waals surface area (Å²) < 4.78 is 36.5. The van der Waals surface area contributed by atoms with Crippen molar-refractivity contribution in [3.05, 3.63) is 17.2 Å². The number of aliphatic carboxylic acids is 1. The van der Waals surface area contributed by atoms with Crippen molar-refractivity contribution in [2.45, 2.75) is 23.8 Å². The summed E-state index contributed by atoms with van der Waals surface area (Å²) in [5.41, 5.74) is 0. The van der Waals surface area contributed by atoms with E-state index in [1.54, 1.807) is 0 Å². The lowest BCUT2D eigenvalue weighted by atomic mass is 10.2. The molecule has 1 atom stereocenters. The summed E-state index contributed by atoms with van der Waals surface area (Å²) in [7, 11) is -1.26. The number of ether oxygens (including phenoxy) is 2. The number of halogens is 1. The zero-order valence-electron chi connectivity index (χ0n) is 12.1. The molecule has 1 heterocycles. The van der Waals surface area contributed by atoms with E-state index in [2.05, 4.69) is 0 Å². The number of carboxylic acids is 1. The van der Waals surface area contributed by atoms with E-state index in [-0.39, 0.29) is 28.6 Å². The Balaban J connectivity index is 2.52. The van der Waals surface area contributed by atoms with Gasteiger partial charge in [0.05, 0.1) is 19.2 Å². The van der Waals surface area contributed by atoms with E-state index in [4.69, 9.17) is 26.2 Å². The third-order valence-electron chi connectivity index (χ3n) is 3.51. The summed E-state index contributed by atoms with van der Waals surface area (Å²) in [5, 5.41) is 9.11. The van der Waals surface area contributed by atoms with Gasteiger partial charge in [0.25, 0.3) is 0 Å². The van der Waals surface area contributed by atoms with Gasteiger partial charge in [-0.2, -0.15) is 4.31 Å². The number of hydrogen-bond acceptors (Lipinski definition) is 5. The van der Waals surface area contributed by atoms with Crippen LogP contribution in [0.15, 0.2) is 17.0 Å². The first-order valence-corrected chi connectivity index (χ1v) is 8.31. The molecule has 1 aliphatic rings. The second-order valence-corrected chi connectivity index (χ2v) is 7.02. The predicted molar refractivity (Wildman–Crippen MR) is 79.1 cm³/mol. The third kappa shape index (κ3) is 2.86. The van der Waals surface area contributed by atoms with Crippen LogP contribution in [0.4, 0.5) is 0 Å². The maximum atomic E-state index is 12.7. The van der Waals surface area contributed by atoms with Crippen molar-refractivity contribution in [1.82, 2.24) is 4.31 Å². The molecule has 1 aromatic rings. The summed E-state index contributed by atoms with van der Waals surface area (Å²) in [6, 6.07) is 1.50. The first-order valence-electron chi connectivity index (χ1n) is 6.49. The molecule has 0 aliphatic carbocycles. The fourth-order valence-corrected chi connectivity index (χ4v) is 4.59. The lowest BCUT2D eigenvalue weighted by Crippen LogP contribution is -2.40. The van der Waals surface area contributed by atoms with E-state index in [0.29, 0.717) is 12.2 Å². The summed E-state index contributed by atoms with van der Waals surface area (Å²) in [6.45, 7) is 0.143. The van der Waals surface area contributed by atoms with Crippen molar-refractivity contribution in [2.24, 2.45) is 0 Å². The molecule has 22 heavy (non-hydrogen) atoms. The Morgan fingerprint density at radius 2 is 1.91 bits per heavy atom. The molecule has 0 spiro atoms. The number of carbonyl (C=O) groups is 1. The smallest absolute Gasteiger partial charge is 0.322 e. The summed E-state index contributed by atoms with van der Waals surface area (Å²) >= 11 is 6.04. The average molecular weight is 350 g/mol. The Morgan fingerprint density at radius 3 is 2.45 bits per heavy atom. The fraction of sp³-hybridized carbons (Fsp3) is 0.462. The molecule has 1 N–H and O–H groups in total. The second kappa shape index (κ2) is 6.31. The minimum atomic E-state index is -4.04. The minimum absolute atomic E-state index is 0.0475. The standard InChI is InChI=1S/C13H16ClNO6S/c1-20-10-6-8(14)12(7-11(10)21-2)22(18,19)15-5-3-4-9(15)13(16)17/h6-7,9H,3-5H2,1-2H3,(H,16,17)/t9-/m0/s1. The van der Waals surface area contributed by atoms with Gasteiger partial charge in [-0.25, -0.2) is 8.42 Å². The van der Waals surface area contributed by atoms with Crippen molar-refractivity contribution in [1.29, 1.82) is 0 Å². The molecule has 1 aliphatic heterocycles. The van der Waals surface area contributed by atoms with Crippen LogP contribution in [-0.2, 0) is 14.8 Å². The fourth-order valence-electron chi connectivity index (χ4n) is 2.43. The van der Waals surface area contributed by atoms with E-state index in [0.717, 1.165) is 4.31 Å². The first-order chi connectivity index (χ1) is 10.3. The highest BCUT2D eigenvalue weighted by Gasteiger charge is 2.40. The second-order valence-electron chi connectivity index (χ2n) is 4.75. The molecule has 1 saturated heterocycles. The molecule has 0 amide bonds. The molecule has 2 rings (SSSR count). The molecule has 0 bridgehead atoms. The third-order valence-corrected chi connectivity index (χ3v) is 5.89. The van der Waals surface area contributed by atoms with Gasteiger partial charge in [-0.15, -0.1) is 0 Å². The lowest BCUT2D eigenvalue weighted by molar-refractivity contribution is -0.140. The highest BCUT2D eigenvalue weighted by atomic mass is 35.5. The van der Waals surface area contributed by atoms with Gasteiger partial charge >= 0.3 is 5.97 Å². The van der Waals surface area contributed by atoms with Crippen LogP contribution in [0, 0.1) is 0 Å². The van der Waals surface area contributed by atoms with Crippen LogP contribution in [0.25, 0.3) is 0 Å². The number of carboxylic acid groups (broad SMARTS) is 1. The van der Waals surface area contributed by atoms with Gasteiger partial charge in [0.1, 0.15) is 10.9 Å². The van der Waals surface area contributed by atoms with Gasteiger partial charge in [0.2, 0.25) is 10.0 Å².